The fourth-order valence-corrected chi connectivity index (χ4v) is 2.30. The Balaban J connectivity index is 2.34. The van der Waals surface area contributed by atoms with Crippen LogP contribution in [0.2, 0.25) is 0 Å². The predicted octanol–water partition coefficient (Wildman–Crippen LogP) is 3.24. The molecule has 1 N–H and O–H groups in total. The van der Waals surface area contributed by atoms with Crippen molar-refractivity contribution in [3.05, 3.63) is 35.9 Å². The van der Waals surface area contributed by atoms with Crippen molar-refractivity contribution in [3.63, 3.8) is 0 Å². The van der Waals surface area contributed by atoms with Gasteiger partial charge in [0.25, 0.3) is 5.24 Å². The van der Waals surface area contributed by atoms with Crippen molar-refractivity contribution in [1.29, 1.82) is 0 Å². The molecule has 98 valence electrons. The van der Waals surface area contributed by atoms with Crippen LogP contribution in [-0.2, 0) is 10.5 Å². The molecule has 0 bridgehead atoms. The molecule has 0 aromatic heterocycles. The summed E-state index contributed by atoms with van der Waals surface area (Å²) in [5, 5.41) is 2.58. The summed E-state index contributed by atoms with van der Waals surface area (Å²) in [7, 11) is 0. The molecule has 0 radical (unpaired) electrons. The molecule has 0 saturated carbocycles. The van der Waals surface area contributed by atoms with Gasteiger partial charge < -0.3 is 10.1 Å². The normalized spacial score (nSPS) is 12.2. The summed E-state index contributed by atoms with van der Waals surface area (Å²) >= 11 is 1.19. The van der Waals surface area contributed by atoms with E-state index >= 15 is 0 Å². The van der Waals surface area contributed by atoms with E-state index in [0.717, 1.165) is 11.8 Å². The number of carbonyl (C=O) groups is 2. The average molecular weight is 265 g/mol. The number of nitrogens with one attached hydrogen (secondary N) is 1. The number of amides is 1. The van der Waals surface area contributed by atoms with E-state index in [1.807, 2.05) is 44.2 Å². The summed E-state index contributed by atoms with van der Waals surface area (Å²) in [5.74, 6) is 1.01. The molecule has 0 fully saturated rings. The number of hydrogen-bond acceptors (Lipinski definition) is 3. The first-order valence-corrected chi connectivity index (χ1v) is 7.03. The SMILES string of the molecule is CC(C)CC(C=O)NC(=O)SCc1ccccc1. The number of thioether (sulfide) groups is 1. The zero-order valence-corrected chi connectivity index (χ0v) is 11.6. The summed E-state index contributed by atoms with van der Waals surface area (Å²) < 4.78 is 0. The fourth-order valence-electron chi connectivity index (χ4n) is 1.57. The molecule has 0 spiro atoms. The van der Waals surface area contributed by atoms with Gasteiger partial charge in [0.15, 0.2) is 0 Å². The van der Waals surface area contributed by atoms with Gasteiger partial charge in [0, 0.05) is 5.75 Å². The Hall–Kier alpha value is -1.29. The van der Waals surface area contributed by atoms with Crippen LogP contribution in [0, 0.1) is 5.92 Å². The summed E-state index contributed by atoms with van der Waals surface area (Å²) in [6.07, 6.45) is 1.49. The van der Waals surface area contributed by atoms with Crippen molar-refractivity contribution in [2.24, 2.45) is 5.92 Å². The Morgan fingerprint density at radius 3 is 2.56 bits per heavy atom. The highest BCUT2D eigenvalue weighted by Crippen LogP contribution is 2.13. The van der Waals surface area contributed by atoms with E-state index in [2.05, 4.69) is 5.32 Å². The Bertz CT molecular complexity index is 379. The summed E-state index contributed by atoms with van der Waals surface area (Å²) in [5.41, 5.74) is 1.10. The second-order valence-electron chi connectivity index (χ2n) is 4.58. The van der Waals surface area contributed by atoms with Gasteiger partial charge in [-0.1, -0.05) is 55.9 Å². The molecule has 18 heavy (non-hydrogen) atoms. The highest BCUT2D eigenvalue weighted by atomic mass is 32.2. The van der Waals surface area contributed by atoms with Gasteiger partial charge in [-0.2, -0.15) is 0 Å². The van der Waals surface area contributed by atoms with Crippen molar-refractivity contribution in [2.75, 3.05) is 0 Å². The number of benzene rings is 1. The molecule has 0 aliphatic rings. The zero-order chi connectivity index (χ0) is 13.4. The van der Waals surface area contributed by atoms with E-state index in [4.69, 9.17) is 0 Å². The summed E-state index contributed by atoms with van der Waals surface area (Å²) in [6.45, 7) is 4.06. The van der Waals surface area contributed by atoms with Crippen LogP contribution in [0.3, 0.4) is 0 Å². The molecule has 0 aliphatic heterocycles. The van der Waals surface area contributed by atoms with Gasteiger partial charge >= 0.3 is 0 Å². The molecular weight excluding hydrogens is 246 g/mol. The van der Waals surface area contributed by atoms with Crippen LogP contribution in [0.5, 0.6) is 0 Å². The first-order valence-electron chi connectivity index (χ1n) is 6.04. The molecule has 1 rings (SSSR count). The van der Waals surface area contributed by atoms with E-state index < -0.39 is 0 Å². The van der Waals surface area contributed by atoms with Crippen molar-refractivity contribution >= 4 is 23.3 Å². The minimum Gasteiger partial charge on any atom is -0.337 e. The van der Waals surface area contributed by atoms with E-state index in [1.165, 1.54) is 11.8 Å². The maximum absolute atomic E-state index is 11.7. The smallest absolute Gasteiger partial charge is 0.279 e. The van der Waals surface area contributed by atoms with Crippen LogP contribution in [0.15, 0.2) is 30.3 Å². The number of rotatable bonds is 6. The Kier molecular flexibility index (Phi) is 6.50. The number of hydrogen-bond donors (Lipinski definition) is 1. The zero-order valence-electron chi connectivity index (χ0n) is 10.8. The minimum atomic E-state index is -0.374. The molecule has 1 aromatic carbocycles. The Morgan fingerprint density at radius 1 is 1.33 bits per heavy atom. The topological polar surface area (TPSA) is 46.2 Å². The van der Waals surface area contributed by atoms with Gasteiger partial charge in [0.05, 0.1) is 6.04 Å². The fraction of sp³-hybridized carbons (Fsp3) is 0.429. The van der Waals surface area contributed by atoms with Gasteiger partial charge in [-0.25, -0.2) is 0 Å². The summed E-state index contributed by atoms with van der Waals surface area (Å²) in [4.78, 5) is 22.5. The van der Waals surface area contributed by atoms with Crippen molar-refractivity contribution in [2.45, 2.75) is 32.1 Å². The molecular formula is C14H19NO2S. The Labute approximate surface area is 112 Å². The molecule has 3 nitrogen and oxygen atoms in total. The lowest BCUT2D eigenvalue weighted by Gasteiger charge is -2.14. The van der Waals surface area contributed by atoms with Crippen LogP contribution < -0.4 is 5.32 Å². The number of aldehydes is 1. The van der Waals surface area contributed by atoms with E-state index in [0.29, 0.717) is 18.1 Å². The van der Waals surface area contributed by atoms with Crippen LogP contribution in [0.4, 0.5) is 4.79 Å². The van der Waals surface area contributed by atoms with Gasteiger partial charge in [-0.15, -0.1) is 0 Å². The molecule has 1 aromatic rings. The lowest BCUT2D eigenvalue weighted by atomic mass is 10.1. The quantitative estimate of drug-likeness (QED) is 0.803. The largest absolute Gasteiger partial charge is 0.337 e. The second-order valence-corrected chi connectivity index (χ2v) is 5.53. The van der Waals surface area contributed by atoms with Crippen LogP contribution in [0.25, 0.3) is 0 Å². The van der Waals surface area contributed by atoms with Crippen molar-refractivity contribution in [1.82, 2.24) is 5.32 Å². The minimum absolute atomic E-state index is 0.142. The number of carbonyl (C=O) groups excluding carboxylic acids is 2. The molecule has 0 saturated heterocycles. The highest BCUT2D eigenvalue weighted by molar-refractivity contribution is 8.12. The first kappa shape index (κ1) is 14.8. The predicted molar refractivity (Wildman–Crippen MR) is 75.6 cm³/mol. The van der Waals surface area contributed by atoms with E-state index in [9.17, 15) is 9.59 Å². The second kappa shape index (κ2) is 7.93. The van der Waals surface area contributed by atoms with Crippen LogP contribution in [0.1, 0.15) is 25.8 Å². The van der Waals surface area contributed by atoms with Gasteiger partial charge in [0.2, 0.25) is 0 Å². The third kappa shape index (κ3) is 5.87. The average Bonchev–Trinajstić information content (AvgIpc) is 2.36. The molecule has 0 heterocycles. The van der Waals surface area contributed by atoms with E-state index in [-0.39, 0.29) is 11.3 Å². The standard InChI is InChI=1S/C14H19NO2S/c1-11(2)8-13(9-16)15-14(17)18-10-12-6-4-3-5-7-12/h3-7,9,11,13H,8,10H2,1-2H3,(H,15,17). The van der Waals surface area contributed by atoms with Crippen LogP contribution in [-0.4, -0.2) is 17.6 Å². The summed E-state index contributed by atoms with van der Waals surface area (Å²) in [6, 6.07) is 9.42. The third-order valence-electron chi connectivity index (χ3n) is 2.41. The van der Waals surface area contributed by atoms with Crippen molar-refractivity contribution < 1.29 is 9.59 Å². The third-order valence-corrected chi connectivity index (χ3v) is 3.26. The van der Waals surface area contributed by atoms with Crippen molar-refractivity contribution in [3.8, 4) is 0 Å². The lowest BCUT2D eigenvalue weighted by molar-refractivity contribution is -0.109. The molecule has 1 amide bonds. The molecule has 4 heteroatoms. The van der Waals surface area contributed by atoms with Gasteiger partial charge in [0.1, 0.15) is 6.29 Å². The Morgan fingerprint density at radius 2 is 2.00 bits per heavy atom. The molecule has 0 aliphatic carbocycles. The van der Waals surface area contributed by atoms with Gasteiger partial charge in [-0.3, -0.25) is 4.79 Å². The monoisotopic (exact) mass is 265 g/mol. The maximum Gasteiger partial charge on any atom is 0.279 e. The van der Waals surface area contributed by atoms with Gasteiger partial charge in [-0.05, 0) is 17.9 Å². The maximum atomic E-state index is 11.7. The van der Waals surface area contributed by atoms with E-state index in [1.54, 1.807) is 0 Å². The molecule has 1 unspecified atom stereocenters. The van der Waals surface area contributed by atoms with Crippen LogP contribution >= 0.6 is 11.8 Å². The lowest BCUT2D eigenvalue weighted by Crippen LogP contribution is -2.34. The highest BCUT2D eigenvalue weighted by Gasteiger charge is 2.13. The molecule has 1 atom stereocenters. The first-order chi connectivity index (χ1) is 8.61.